The van der Waals surface area contributed by atoms with Crippen molar-refractivity contribution in [2.45, 2.75) is 6.61 Å². The minimum absolute atomic E-state index is 0.0610. The molecule has 0 spiro atoms. The van der Waals surface area contributed by atoms with Crippen LogP contribution in [0.25, 0.3) is 16.9 Å². The lowest BCUT2D eigenvalue weighted by molar-refractivity contribution is -0.0494. The number of H-pyrrole nitrogens is 1. The van der Waals surface area contributed by atoms with Gasteiger partial charge in [0.1, 0.15) is 11.4 Å². The third-order valence-corrected chi connectivity index (χ3v) is 3.29. The van der Waals surface area contributed by atoms with Gasteiger partial charge < -0.3 is 4.74 Å². The van der Waals surface area contributed by atoms with Crippen LogP contribution in [-0.2, 0) is 0 Å². The molecule has 0 radical (unpaired) electrons. The van der Waals surface area contributed by atoms with E-state index in [0.717, 1.165) is 4.47 Å². The van der Waals surface area contributed by atoms with Crippen molar-refractivity contribution in [3.63, 3.8) is 0 Å². The molecule has 0 unspecified atom stereocenters. The lowest BCUT2D eigenvalue weighted by Crippen LogP contribution is -2.04. The van der Waals surface area contributed by atoms with Crippen LogP contribution < -0.4 is 4.74 Å². The van der Waals surface area contributed by atoms with Crippen molar-refractivity contribution in [1.82, 2.24) is 20.0 Å². The largest absolute Gasteiger partial charge is 0.434 e. The highest BCUT2D eigenvalue weighted by atomic mass is 79.9. The topological polar surface area (TPSA) is 55.7 Å². The van der Waals surface area contributed by atoms with Gasteiger partial charge in [0.05, 0.1) is 11.9 Å². The molecule has 21 heavy (non-hydrogen) atoms. The molecule has 0 atom stereocenters. The number of nitrogens with one attached hydrogen (secondary N) is 1. The molecule has 0 aliphatic carbocycles. The molecule has 0 saturated heterocycles. The fourth-order valence-corrected chi connectivity index (χ4v) is 2.32. The van der Waals surface area contributed by atoms with Crippen LogP contribution in [0.2, 0.25) is 0 Å². The van der Waals surface area contributed by atoms with Gasteiger partial charge in [-0.1, -0.05) is 15.9 Å². The molecule has 0 bridgehead atoms. The third kappa shape index (κ3) is 2.80. The maximum absolute atomic E-state index is 12.5. The number of benzene rings is 1. The van der Waals surface area contributed by atoms with E-state index in [0.29, 0.717) is 16.9 Å². The number of ether oxygens (including phenoxy) is 1. The van der Waals surface area contributed by atoms with Crippen molar-refractivity contribution in [3.8, 4) is 22.7 Å². The van der Waals surface area contributed by atoms with Gasteiger partial charge in [-0.15, -0.1) is 0 Å². The number of aromatic nitrogens is 4. The normalized spacial score (nSPS) is 11.0. The van der Waals surface area contributed by atoms with Gasteiger partial charge in [0, 0.05) is 22.4 Å². The number of hydrogen-bond donors (Lipinski definition) is 1. The Morgan fingerprint density at radius 1 is 1.33 bits per heavy atom. The van der Waals surface area contributed by atoms with Crippen LogP contribution in [0.5, 0.6) is 5.75 Å². The Kier molecular flexibility index (Phi) is 3.70. The summed E-state index contributed by atoms with van der Waals surface area (Å²) in [4.78, 5) is 0. The van der Waals surface area contributed by atoms with Crippen LogP contribution in [0.15, 0.2) is 47.3 Å². The predicted octanol–water partition coefficient (Wildman–Crippen LogP) is 3.63. The summed E-state index contributed by atoms with van der Waals surface area (Å²) in [6, 6.07) is 6.54. The zero-order chi connectivity index (χ0) is 14.8. The number of nitrogens with zero attached hydrogens (tertiary/aromatic N) is 3. The van der Waals surface area contributed by atoms with E-state index in [9.17, 15) is 8.78 Å². The second-order valence-corrected chi connectivity index (χ2v) is 5.02. The summed E-state index contributed by atoms with van der Waals surface area (Å²) in [7, 11) is 0. The summed E-state index contributed by atoms with van der Waals surface area (Å²) in [6.07, 6.45) is 4.92. The van der Waals surface area contributed by atoms with Crippen LogP contribution in [0.1, 0.15) is 0 Å². The molecule has 0 amide bonds. The Morgan fingerprint density at radius 3 is 2.90 bits per heavy atom. The first-order valence-corrected chi connectivity index (χ1v) is 6.72. The first-order chi connectivity index (χ1) is 10.1. The molecule has 8 heteroatoms. The van der Waals surface area contributed by atoms with Crippen LogP contribution in [0.3, 0.4) is 0 Å². The van der Waals surface area contributed by atoms with Crippen LogP contribution >= 0.6 is 15.9 Å². The van der Waals surface area contributed by atoms with Crippen molar-refractivity contribution in [2.24, 2.45) is 0 Å². The zero-order valence-electron chi connectivity index (χ0n) is 10.5. The highest BCUT2D eigenvalue weighted by Crippen LogP contribution is 2.35. The average molecular weight is 355 g/mol. The predicted molar refractivity (Wildman–Crippen MR) is 75.5 cm³/mol. The average Bonchev–Trinajstić information content (AvgIpc) is 3.09. The van der Waals surface area contributed by atoms with E-state index in [-0.39, 0.29) is 5.75 Å². The molecule has 0 saturated carbocycles. The maximum atomic E-state index is 12.5. The van der Waals surface area contributed by atoms with E-state index in [1.165, 1.54) is 6.07 Å². The SMILES string of the molecule is FC(F)Oc1ccc(Br)cc1-c1[nH]ncc1-n1cccn1. The summed E-state index contributed by atoms with van der Waals surface area (Å²) in [5.74, 6) is 0.0610. The highest BCUT2D eigenvalue weighted by molar-refractivity contribution is 9.10. The van der Waals surface area contributed by atoms with Gasteiger partial charge in [-0.3, -0.25) is 5.10 Å². The Labute approximate surface area is 126 Å². The molecule has 0 aliphatic heterocycles. The second-order valence-electron chi connectivity index (χ2n) is 4.10. The maximum Gasteiger partial charge on any atom is 0.387 e. The van der Waals surface area contributed by atoms with E-state index in [1.807, 2.05) is 0 Å². The van der Waals surface area contributed by atoms with Gasteiger partial charge in [-0.2, -0.15) is 19.0 Å². The first kappa shape index (κ1) is 13.7. The fraction of sp³-hybridized carbons (Fsp3) is 0.0769. The molecular formula is C13H9BrF2N4O. The van der Waals surface area contributed by atoms with Gasteiger partial charge in [-0.25, -0.2) is 4.68 Å². The Morgan fingerprint density at radius 2 is 2.19 bits per heavy atom. The number of rotatable bonds is 4. The standard InChI is InChI=1S/C13H9BrF2N4O/c14-8-2-3-11(21-13(15)16)9(6-8)12-10(7-17-19-12)20-5-1-4-18-20/h1-7,13H,(H,17,19). The van der Waals surface area contributed by atoms with Crippen LogP contribution in [0.4, 0.5) is 8.78 Å². The van der Waals surface area contributed by atoms with Gasteiger partial charge in [-0.05, 0) is 24.3 Å². The number of hydrogen-bond acceptors (Lipinski definition) is 3. The Balaban J connectivity index is 2.13. The number of aromatic amines is 1. The molecule has 1 aromatic carbocycles. The van der Waals surface area contributed by atoms with Gasteiger partial charge in [0.2, 0.25) is 0 Å². The highest BCUT2D eigenvalue weighted by Gasteiger charge is 2.17. The van der Waals surface area contributed by atoms with Crippen molar-refractivity contribution < 1.29 is 13.5 Å². The molecule has 5 nitrogen and oxygen atoms in total. The molecule has 0 aliphatic rings. The summed E-state index contributed by atoms with van der Waals surface area (Å²) in [5.41, 5.74) is 1.64. The number of halogens is 3. The summed E-state index contributed by atoms with van der Waals surface area (Å²) >= 11 is 3.32. The molecule has 0 fully saturated rings. The summed E-state index contributed by atoms with van der Waals surface area (Å²) in [5, 5.41) is 10.9. The van der Waals surface area contributed by atoms with Crippen molar-refractivity contribution >= 4 is 15.9 Å². The lowest BCUT2D eigenvalue weighted by atomic mass is 10.1. The van der Waals surface area contributed by atoms with E-state index < -0.39 is 6.61 Å². The zero-order valence-corrected chi connectivity index (χ0v) is 12.1. The van der Waals surface area contributed by atoms with Crippen molar-refractivity contribution in [2.75, 3.05) is 0 Å². The summed E-state index contributed by atoms with van der Waals surface area (Å²) < 4.78 is 32.0. The molecule has 2 aromatic heterocycles. The van der Waals surface area contributed by atoms with Crippen molar-refractivity contribution in [1.29, 1.82) is 0 Å². The Bertz CT molecular complexity index is 742. The minimum atomic E-state index is -2.90. The molecule has 1 N–H and O–H groups in total. The van der Waals surface area contributed by atoms with E-state index in [2.05, 4.69) is 36.0 Å². The molecule has 108 valence electrons. The minimum Gasteiger partial charge on any atom is -0.434 e. The van der Waals surface area contributed by atoms with Gasteiger partial charge >= 0.3 is 6.61 Å². The molecule has 2 heterocycles. The van der Waals surface area contributed by atoms with Crippen molar-refractivity contribution in [3.05, 3.63) is 47.3 Å². The van der Waals surface area contributed by atoms with E-state index in [4.69, 9.17) is 0 Å². The Hall–Kier alpha value is -2.22. The van der Waals surface area contributed by atoms with Crippen LogP contribution in [0, 0.1) is 0 Å². The third-order valence-electron chi connectivity index (χ3n) is 2.80. The van der Waals surface area contributed by atoms with Gasteiger partial charge in [0.25, 0.3) is 0 Å². The molecule has 3 rings (SSSR count). The lowest BCUT2D eigenvalue weighted by Gasteiger charge is -2.11. The second kappa shape index (κ2) is 5.65. The monoisotopic (exact) mass is 354 g/mol. The summed E-state index contributed by atoms with van der Waals surface area (Å²) in [6.45, 7) is -2.90. The van der Waals surface area contributed by atoms with E-state index in [1.54, 1.807) is 41.5 Å². The molecule has 3 aromatic rings. The number of alkyl halides is 2. The van der Waals surface area contributed by atoms with Crippen LogP contribution in [-0.4, -0.2) is 26.6 Å². The first-order valence-electron chi connectivity index (χ1n) is 5.93. The van der Waals surface area contributed by atoms with E-state index >= 15 is 0 Å². The quantitative estimate of drug-likeness (QED) is 0.778. The molecular weight excluding hydrogens is 346 g/mol. The van der Waals surface area contributed by atoms with Gasteiger partial charge in [0.15, 0.2) is 0 Å². The smallest absolute Gasteiger partial charge is 0.387 e. The fourth-order valence-electron chi connectivity index (χ4n) is 1.96.